The van der Waals surface area contributed by atoms with Crippen LogP contribution in [0.25, 0.3) is 6.08 Å². The van der Waals surface area contributed by atoms with Crippen LogP contribution in [0.1, 0.15) is 23.6 Å². The number of hydrogen-bond donors (Lipinski definition) is 2. The van der Waals surface area contributed by atoms with Crippen molar-refractivity contribution in [2.24, 2.45) is 0 Å². The first-order chi connectivity index (χ1) is 16.6. The molecule has 8 nitrogen and oxygen atoms in total. The van der Waals surface area contributed by atoms with E-state index in [0.29, 0.717) is 11.4 Å². The average Bonchev–Trinajstić information content (AvgIpc) is 2.80. The van der Waals surface area contributed by atoms with Gasteiger partial charge in [0.1, 0.15) is 22.3 Å². The maximum atomic E-state index is 12.8. The molecule has 0 bridgehead atoms. The molecule has 3 rings (SSSR count). The van der Waals surface area contributed by atoms with Crippen LogP contribution in [0.3, 0.4) is 0 Å². The summed E-state index contributed by atoms with van der Waals surface area (Å²) in [5.41, 5.74) is 2.81. The number of hydrogen-bond acceptors (Lipinski definition) is 6. The van der Waals surface area contributed by atoms with Crippen molar-refractivity contribution < 1.29 is 22.2 Å². The Labute approximate surface area is 204 Å². The third-order valence-corrected chi connectivity index (χ3v) is 6.14. The lowest BCUT2D eigenvalue weighted by atomic mass is 10.1. The summed E-state index contributed by atoms with van der Waals surface area (Å²) in [7, 11) is -4.23. The molecule has 0 aliphatic carbocycles. The predicted molar refractivity (Wildman–Crippen MR) is 133 cm³/mol. The molecule has 0 spiro atoms. The number of para-hydroxylation sites is 1. The Hall–Kier alpha value is -4.42. The van der Waals surface area contributed by atoms with E-state index in [2.05, 4.69) is 10.6 Å². The molecule has 35 heavy (non-hydrogen) atoms. The molecule has 178 valence electrons. The number of carbonyl (C=O) groups is 2. The average molecular weight is 490 g/mol. The van der Waals surface area contributed by atoms with Crippen LogP contribution in [0.5, 0.6) is 5.75 Å². The van der Waals surface area contributed by atoms with Gasteiger partial charge in [0.25, 0.3) is 5.91 Å². The van der Waals surface area contributed by atoms with E-state index < -0.39 is 16.0 Å². The van der Waals surface area contributed by atoms with E-state index in [1.807, 2.05) is 32.0 Å². The summed E-state index contributed by atoms with van der Waals surface area (Å²) >= 11 is 0. The predicted octanol–water partition coefficient (Wildman–Crippen LogP) is 4.58. The van der Waals surface area contributed by atoms with Gasteiger partial charge in [-0.15, -0.1) is 0 Å². The second-order valence-electron chi connectivity index (χ2n) is 7.72. The number of rotatable bonds is 7. The number of aryl methyl sites for hydroxylation is 2. The van der Waals surface area contributed by atoms with Crippen LogP contribution in [0.4, 0.5) is 11.4 Å². The first kappa shape index (κ1) is 25.2. The van der Waals surface area contributed by atoms with Gasteiger partial charge in [-0.1, -0.05) is 30.3 Å². The molecule has 0 aliphatic heterocycles. The zero-order valence-corrected chi connectivity index (χ0v) is 20.1. The number of nitrogens with zero attached hydrogens (tertiary/aromatic N) is 1. The van der Waals surface area contributed by atoms with E-state index in [-0.39, 0.29) is 27.7 Å². The zero-order chi connectivity index (χ0) is 25.6. The molecule has 0 unspecified atom stereocenters. The molecule has 0 aromatic heterocycles. The zero-order valence-electron chi connectivity index (χ0n) is 19.3. The molecular weight excluding hydrogens is 466 g/mol. The number of amides is 2. The maximum absolute atomic E-state index is 12.8. The van der Waals surface area contributed by atoms with E-state index in [9.17, 15) is 23.3 Å². The Balaban J connectivity index is 1.87. The molecule has 0 atom stereocenters. The van der Waals surface area contributed by atoms with Crippen molar-refractivity contribution in [1.82, 2.24) is 0 Å². The van der Waals surface area contributed by atoms with E-state index in [1.54, 1.807) is 18.2 Å². The minimum Gasteiger partial charge on any atom is -0.378 e. The number of carbonyl (C=O) groups excluding carboxylic acids is 2. The second-order valence-corrected chi connectivity index (χ2v) is 9.27. The van der Waals surface area contributed by atoms with E-state index in [1.165, 1.54) is 49.4 Å². The number of nitrogens with one attached hydrogen (secondary N) is 2. The largest absolute Gasteiger partial charge is 0.378 e. The minimum atomic E-state index is -4.23. The smallest absolute Gasteiger partial charge is 0.339 e. The Morgan fingerprint density at radius 2 is 1.66 bits per heavy atom. The topological polar surface area (TPSA) is 125 Å². The van der Waals surface area contributed by atoms with Crippen LogP contribution in [-0.4, -0.2) is 20.2 Å². The lowest BCUT2D eigenvalue weighted by Crippen LogP contribution is -2.15. The van der Waals surface area contributed by atoms with E-state index in [0.717, 1.165) is 11.1 Å². The quantitative estimate of drug-likeness (QED) is 0.284. The van der Waals surface area contributed by atoms with Crippen molar-refractivity contribution in [3.05, 3.63) is 89.0 Å². The lowest BCUT2D eigenvalue weighted by Gasteiger charge is -2.11. The molecule has 2 amide bonds. The number of nitriles is 1. The van der Waals surface area contributed by atoms with E-state index in [4.69, 9.17) is 4.18 Å². The molecule has 0 aliphatic rings. The Morgan fingerprint density at radius 3 is 2.31 bits per heavy atom. The highest BCUT2D eigenvalue weighted by molar-refractivity contribution is 7.87. The van der Waals surface area contributed by atoms with Gasteiger partial charge in [0.2, 0.25) is 5.91 Å². The third kappa shape index (κ3) is 6.56. The molecule has 0 saturated heterocycles. The van der Waals surface area contributed by atoms with Crippen molar-refractivity contribution in [2.45, 2.75) is 25.7 Å². The van der Waals surface area contributed by atoms with Crippen LogP contribution in [0.15, 0.2) is 77.2 Å². The van der Waals surface area contributed by atoms with Gasteiger partial charge in [-0.05, 0) is 67.4 Å². The minimum absolute atomic E-state index is 0.0503. The Bertz CT molecular complexity index is 1450. The molecule has 2 N–H and O–H groups in total. The molecule has 0 radical (unpaired) electrons. The van der Waals surface area contributed by atoms with Crippen molar-refractivity contribution in [3.63, 3.8) is 0 Å². The fourth-order valence-electron chi connectivity index (χ4n) is 3.11. The highest BCUT2D eigenvalue weighted by Crippen LogP contribution is 2.26. The van der Waals surface area contributed by atoms with Crippen LogP contribution in [-0.2, 0) is 19.7 Å². The SMILES string of the molecule is CC(=O)Nc1ccc(S(=O)(=O)Oc2ccccc2/C=C(\C#N)C(=O)Nc2cc(C)ccc2C)cc1. The van der Waals surface area contributed by atoms with Crippen LogP contribution in [0.2, 0.25) is 0 Å². The number of benzene rings is 3. The third-order valence-electron chi connectivity index (χ3n) is 4.89. The summed E-state index contributed by atoms with van der Waals surface area (Å²) in [6, 6.07) is 19.1. The van der Waals surface area contributed by atoms with Gasteiger partial charge in [0, 0.05) is 23.9 Å². The first-order valence-corrected chi connectivity index (χ1v) is 11.9. The molecule has 0 fully saturated rings. The Kier molecular flexibility index (Phi) is 7.69. The lowest BCUT2D eigenvalue weighted by molar-refractivity contribution is -0.114. The van der Waals surface area contributed by atoms with Crippen molar-refractivity contribution in [3.8, 4) is 11.8 Å². The molecule has 3 aromatic rings. The molecule has 9 heteroatoms. The fourth-order valence-corrected chi connectivity index (χ4v) is 4.07. The standard InChI is InChI=1S/C26H23N3O5S/c1-17-8-9-18(2)24(14-17)29-26(31)21(16-27)15-20-6-4-5-7-25(20)34-35(32,33)23-12-10-22(11-13-23)28-19(3)30/h4-15H,1-3H3,(H,28,30)(H,29,31)/b21-15+. The van der Waals surface area contributed by atoms with Gasteiger partial charge >= 0.3 is 10.1 Å². The van der Waals surface area contributed by atoms with Gasteiger partial charge in [-0.25, -0.2) is 0 Å². The summed E-state index contributed by atoms with van der Waals surface area (Å²) in [6.45, 7) is 5.06. The van der Waals surface area contributed by atoms with Crippen molar-refractivity contribution in [1.29, 1.82) is 5.26 Å². The van der Waals surface area contributed by atoms with Crippen LogP contribution in [0, 0.1) is 25.2 Å². The monoisotopic (exact) mass is 489 g/mol. The van der Waals surface area contributed by atoms with Gasteiger partial charge in [0.15, 0.2) is 0 Å². The molecule has 0 saturated carbocycles. The second kappa shape index (κ2) is 10.7. The highest BCUT2D eigenvalue weighted by atomic mass is 32.2. The summed E-state index contributed by atoms with van der Waals surface area (Å²) in [4.78, 5) is 23.8. The summed E-state index contributed by atoms with van der Waals surface area (Å²) < 4.78 is 30.9. The van der Waals surface area contributed by atoms with Gasteiger partial charge < -0.3 is 14.8 Å². The van der Waals surface area contributed by atoms with E-state index >= 15 is 0 Å². The van der Waals surface area contributed by atoms with Gasteiger partial charge in [-0.2, -0.15) is 13.7 Å². The normalized spacial score (nSPS) is 11.3. The molecule has 3 aromatic carbocycles. The van der Waals surface area contributed by atoms with Gasteiger partial charge in [0.05, 0.1) is 0 Å². The first-order valence-electron chi connectivity index (χ1n) is 10.5. The van der Waals surface area contributed by atoms with Gasteiger partial charge in [-0.3, -0.25) is 9.59 Å². The van der Waals surface area contributed by atoms with Crippen molar-refractivity contribution >= 4 is 39.4 Å². The molecular formula is C26H23N3O5S. The maximum Gasteiger partial charge on any atom is 0.339 e. The molecule has 0 heterocycles. The highest BCUT2D eigenvalue weighted by Gasteiger charge is 2.19. The summed E-state index contributed by atoms with van der Waals surface area (Å²) in [5, 5.41) is 14.9. The number of anilines is 2. The van der Waals surface area contributed by atoms with Crippen molar-refractivity contribution in [2.75, 3.05) is 10.6 Å². The fraction of sp³-hybridized carbons (Fsp3) is 0.115. The van der Waals surface area contributed by atoms with Crippen LogP contribution < -0.4 is 14.8 Å². The van der Waals surface area contributed by atoms with Crippen LogP contribution >= 0.6 is 0 Å². The summed E-state index contributed by atoms with van der Waals surface area (Å²) in [6.07, 6.45) is 1.27. The summed E-state index contributed by atoms with van der Waals surface area (Å²) in [5.74, 6) is -0.967. The Morgan fingerprint density at radius 1 is 0.971 bits per heavy atom.